The molecule has 1 saturated heterocycles. The second-order valence-corrected chi connectivity index (χ2v) is 7.46. The molecule has 25 heavy (non-hydrogen) atoms. The molecule has 7 heteroatoms. The highest BCUT2D eigenvalue weighted by Crippen LogP contribution is 2.64. The van der Waals surface area contributed by atoms with Crippen LogP contribution in [0.25, 0.3) is 16.6 Å². The number of primary amides is 1. The molecule has 6 nitrogen and oxygen atoms in total. The van der Waals surface area contributed by atoms with Crippen molar-refractivity contribution in [2.75, 3.05) is 13.1 Å². The van der Waals surface area contributed by atoms with Crippen LogP contribution in [0, 0.1) is 17.2 Å². The van der Waals surface area contributed by atoms with E-state index in [4.69, 9.17) is 11.5 Å². The summed E-state index contributed by atoms with van der Waals surface area (Å²) in [6, 6.07) is 2.92. The van der Waals surface area contributed by atoms with Crippen LogP contribution in [0.5, 0.6) is 0 Å². The van der Waals surface area contributed by atoms with E-state index in [0.717, 1.165) is 31.1 Å². The number of rotatable bonds is 4. The largest absolute Gasteiger partial charge is 0.404 e. The minimum atomic E-state index is -0.699. The Hall–Kier alpha value is -2.41. The summed E-state index contributed by atoms with van der Waals surface area (Å²) >= 11 is 0. The van der Waals surface area contributed by atoms with E-state index in [1.165, 1.54) is 6.07 Å². The average Bonchev–Trinajstić information content (AvgIpc) is 2.91. The molecule has 1 aromatic carbocycles. The van der Waals surface area contributed by atoms with E-state index >= 15 is 0 Å². The molecule has 2 heterocycles. The summed E-state index contributed by atoms with van der Waals surface area (Å²) in [4.78, 5) is 21.7. The quantitative estimate of drug-likeness (QED) is 0.788. The van der Waals surface area contributed by atoms with E-state index in [2.05, 4.69) is 28.7 Å². The van der Waals surface area contributed by atoms with Gasteiger partial charge in [0.05, 0.1) is 11.1 Å². The molecule has 4 rings (SSSR count). The number of piperidine rings is 1. The van der Waals surface area contributed by atoms with E-state index in [-0.39, 0.29) is 11.0 Å². The summed E-state index contributed by atoms with van der Waals surface area (Å²) in [5.74, 6) is -0.0665. The maximum absolute atomic E-state index is 13.8. The number of hydrogen-bond acceptors (Lipinski definition) is 4. The second-order valence-electron chi connectivity index (χ2n) is 7.46. The summed E-state index contributed by atoms with van der Waals surface area (Å²) < 4.78 is 13.8. The van der Waals surface area contributed by atoms with Crippen molar-refractivity contribution in [1.82, 2.24) is 14.9 Å². The molecule has 2 aromatic rings. The van der Waals surface area contributed by atoms with Gasteiger partial charge in [-0.25, -0.2) is 9.37 Å². The van der Waals surface area contributed by atoms with Gasteiger partial charge in [0, 0.05) is 36.3 Å². The van der Waals surface area contributed by atoms with Gasteiger partial charge in [0.25, 0.3) is 5.91 Å². The van der Waals surface area contributed by atoms with Gasteiger partial charge in [-0.2, -0.15) is 0 Å². The number of nitrogens with one attached hydrogen (secondary N) is 1. The number of carbonyl (C=O) groups is 1. The van der Waals surface area contributed by atoms with Crippen LogP contribution in [0.2, 0.25) is 0 Å². The smallest absolute Gasteiger partial charge is 0.251 e. The Morgan fingerprint density at radius 3 is 2.88 bits per heavy atom. The topological polar surface area (TPSA) is 101 Å². The molecule has 1 aromatic heterocycles. The van der Waals surface area contributed by atoms with E-state index in [9.17, 15) is 9.18 Å². The van der Waals surface area contributed by atoms with Crippen molar-refractivity contribution in [3.8, 4) is 0 Å². The molecular weight excluding hydrogens is 321 g/mol. The first-order chi connectivity index (χ1) is 11.9. The fraction of sp³-hybridized carbons (Fsp3) is 0.444. The van der Waals surface area contributed by atoms with Crippen molar-refractivity contribution in [3.63, 3.8) is 0 Å². The lowest BCUT2D eigenvalue weighted by Gasteiger charge is -2.25. The van der Waals surface area contributed by atoms with Gasteiger partial charge in [0.1, 0.15) is 17.2 Å². The molecule has 1 aliphatic heterocycles. The summed E-state index contributed by atoms with van der Waals surface area (Å²) in [6.07, 6.45) is 2.68. The Balaban J connectivity index is 1.77. The van der Waals surface area contributed by atoms with Crippen LogP contribution in [0.4, 0.5) is 4.39 Å². The molecule has 1 aliphatic carbocycles. The number of amides is 1. The van der Waals surface area contributed by atoms with Crippen molar-refractivity contribution < 1.29 is 9.18 Å². The highest BCUT2D eigenvalue weighted by molar-refractivity contribution is 6.04. The monoisotopic (exact) mass is 343 g/mol. The first-order valence-corrected chi connectivity index (χ1v) is 8.51. The predicted molar refractivity (Wildman–Crippen MR) is 94.0 cm³/mol. The van der Waals surface area contributed by atoms with Gasteiger partial charge < -0.3 is 16.5 Å². The number of H-pyrrole nitrogens is 1. The molecule has 1 saturated carbocycles. The van der Waals surface area contributed by atoms with Gasteiger partial charge in [-0.3, -0.25) is 9.69 Å². The molecule has 0 spiro atoms. The molecule has 2 unspecified atom stereocenters. The molecule has 5 N–H and O–H groups in total. The minimum absolute atomic E-state index is 0.00166. The number of likely N-dealkylation sites (tertiary alicyclic amines) is 1. The van der Waals surface area contributed by atoms with Crippen molar-refractivity contribution in [1.29, 1.82) is 0 Å². The fourth-order valence-corrected chi connectivity index (χ4v) is 4.21. The second kappa shape index (κ2) is 5.29. The predicted octanol–water partition coefficient (Wildman–Crippen LogP) is 1.83. The summed E-state index contributed by atoms with van der Waals surface area (Å²) in [5.41, 5.74) is 13.2. The first-order valence-electron chi connectivity index (χ1n) is 8.51. The Morgan fingerprint density at radius 2 is 2.28 bits per heavy atom. The molecular formula is C18H22FN5O. The zero-order valence-corrected chi connectivity index (χ0v) is 14.3. The Kier molecular flexibility index (Phi) is 3.40. The lowest BCUT2D eigenvalue weighted by atomic mass is 9.94. The molecule has 2 aliphatic rings. The third kappa shape index (κ3) is 2.33. The molecule has 2 atom stereocenters. The Bertz CT molecular complexity index is 902. The van der Waals surface area contributed by atoms with Crippen molar-refractivity contribution in [2.24, 2.45) is 22.8 Å². The van der Waals surface area contributed by atoms with Gasteiger partial charge in [-0.1, -0.05) is 0 Å². The first kappa shape index (κ1) is 16.1. The maximum Gasteiger partial charge on any atom is 0.251 e. The summed E-state index contributed by atoms with van der Waals surface area (Å²) in [5, 5.41) is 0. The third-order valence-corrected chi connectivity index (χ3v) is 5.68. The normalized spacial score (nSPS) is 26.4. The van der Waals surface area contributed by atoms with Crippen LogP contribution in [0.1, 0.15) is 36.5 Å². The van der Waals surface area contributed by atoms with E-state index < -0.39 is 11.7 Å². The number of hydrogen-bond donors (Lipinski definition) is 3. The van der Waals surface area contributed by atoms with Crippen LogP contribution in [-0.4, -0.2) is 39.9 Å². The lowest BCUT2D eigenvalue weighted by molar-refractivity contribution is 0.100. The van der Waals surface area contributed by atoms with Crippen molar-refractivity contribution >= 4 is 22.5 Å². The Morgan fingerprint density at radius 1 is 1.52 bits per heavy atom. The Labute approximate surface area is 145 Å². The lowest BCUT2D eigenvalue weighted by Crippen LogP contribution is -2.32. The summed E-state index contributed by atoms with van der Waals surface area (Å²) in [6.45, 7) is 6.36. The SMILES string of the molecule is CC(C)N1CC2CC2(C(=CN)c2nc3c(C(N)=O)cc(F)cc3[nH]2)C1. The number of aromatic nitrogens is 2. The highest BCUT2D eigenvalue weighted by atomic mass is 19.1. The van der Waals surface area contributed by atoms with Crippen molar-refractivity contribution in [2.45, 2.75) is 26.3 Å². The average molecular weight is 343 g/mol. The summed E-state index contributed by atoms with van der Waals surface area (Å²) in [7, 11) is 0. The van der Waals surface area contributed by atoms with Gasteiger partial charge in [-0.15, -0.1) is 0 Å². The van der Waals surface area contributed by atoms with E-state index in [0.29, 0.717) is 28.8 Å². The molecule has 0 radical (unpaired) electrons. The molecule has 1 amide bonds. The van der Waals surface area contributed by atoms with Crippen LogP contribution in [-0.2, 0) is 0 Å². The van der Waals surface area contributed by atoms with Gasteiger partial charge in [-0.05, 0) is 38.3 Å². The molecule has 0 bridgehead atoms. The maximum atomic E-state index is 13.8. The van der Waals surface area contributed by atoms with E-state index in [1.807, 2.05) is 0 Å². The van der Waals surface area contributed by atoms with Crippen LogP contribution >= 0.6 is 0 Å². The van der Waals surface area contributed by atoms with E-state index in [1.54, 1.807) is 6.20 Å². The number of imidazole rings is 1. The number of fused-ring (bicyclic) bond motifs is 2. The van der Waals surface area contributed by atoms with Crippen LogP contribution in [0.15, 0.2) is 18.3 Å². The number of benzene rings is 1. The third-order valence-electron chi connectivity index (χ3n) is 5.68. The number of halogens is 1. The van der Waals surface area contributed by atoms with Crippen LogP contribution < -0.4 is 11.5 Å². The van der Waals surface area contributed by atoms with Gasteiger partial charge >= 0.3 is 0 Å². The van der Waals surface area contributed by atoms with Gasteiger partial charge in [0.15, 0.2) is 0 Å². The zero-order chi connectivity index (χ0) is 17.9. The number of nitrogens with zero attached hydrogens (tertiary/aromatic N) is 2. The van der Waals surface area contributed by atoms with Gasteiger partial charge in [0.2, 0.25) is 0 Å². The molecule has 132 valence electrons. The standard InChI is InChI=1S/C18H22FN5O/c1-9(2)24-7-10-5-18(10,8-24)13(6-20)17-22-14-4-11(19)3-12(16(21)25)15(14)23-17/h3-4,6,9-10H,5,7-8,20H2,1-2H3,(H2,21,25)(H,22,23). The molecule has 2 fully saturated rings. The fourth-order valence-electron chi connectivity index (χ4n) is 4.21. The number of nitrogens with two attached hydrogens (primary N) is 2. The van der Waals surface area contributed by atoms with Crippen LogP contribution in [0.3, 0.4) is 0 Å². The number of aromatic amines is 1. The number of carbonyl (C=O) groups excluding carboxylic acids is 1. The van der Waals surface area contributed by atoms with Crippen molar-refractivity contribution in [3.05, 3.63) is 35.5 Å². The minimum Gasteiger partial charge on any atom is -0.404 e. The zero-order valence-electron chi connectivity index (χ0n) is 14.3. The highest BCUT2D eigenvalue weighted by Gasteiger charge is 2.62.